The van der Waals surface area contributed by atoms with E-state index >= 15 is 0 Å². The van der Waals surface area contributed by atoms with Crippen molar-refractivity contribution in [3.63, 3.8) is 0 Å². The van der Waals surface area contributed by atoms with E-state index in [-0.39, 0.29) is 23.2 Å². The highest BCUT2D eigenvalue weighted by molar-refractivity contribution is 8.01. The normalized spacial score (nSPS) is 32.7. The molecule has 1 amide bonds. The zero-order valence-electron chi connectivity index (χ0n) is 17.4. The third kappa shape index (κ3) is 3.61. The Bertz CT molecular complexity index is 805. The van der Waals surface area contributed by atoms with Crippen LogP contribution in [0.3, 0.4) is 0 Å². The van der Waals surface area contributed by atoms with Crippen LogP contribution in [0.4, 0.5) is 0 Å². The number of nitrogens with two attached hydrogens (primary N) is 1. The number of thiazole rings is 1. The van der Waals surface area contributed by atoms with E-state index in [1.54, 1.807) is 5.38 Å². The van der Waals surface area contributed by atoms with E-state index in [4.69, 9.17) is 10.8 Å². The molecule has 160 valence electrons. The van der Waals surface area contributed by atoms with Gasteiger partial charge in [-0.05, 0) is 55.8 Å². The van der Waals surface area contributed by atoms with E-state index in [1.165, 1.54) is 42.4 Å². The number of hydrogen-bond acceptors (Lipinski definition) is 6. The van der Waals surface area contributed by atoms with E-state index in [0.29, 0.717) is 36.0 Å². The molecule has 3 N–H and O–H groups in total. The molecular weight excluding hydrogens is 406 g/mol. The minimum Gasteiger partial charge on any atom is -0.476 e. The van der Waals surface area contributed by atoms with Crippen molar-refractivity contribution in [2.24, 2.45) is 28.9 Å². The molecule has 1 aromatic rings. The first kappa shape index (κ1) is 21.1. The first-order valence-electron chi connectivity index (χ1n) is 10.5. The van der Waals surface area contributed by atoms with Crippen molar-refractivity contribution >= 4 is 35.0 Å². The van der Waals surface area contributed by atoms with Crippen LogP contribution in [-0.2, 0) is 4.79 Å². The van der Waals surface area contributed by atoms with Gasteiger partial charge in [-0.15, -0.1) is 11.3 Å². The lowest BCUT2D eigenvalue weighted by Gasteiger charge is -2.64. The lowest BCUT2D eigenvalue weighted by molar-refractivity contribution is -0.140. The summed E-state index contributed by atoms with van der Waals surface area (Å²) in [6, 6.07) is 0.0828. The molecule has 5 rings (SSSR count). The van der Waals surface area contributed by atoms with Gasteiger partial charge in [-0.1, -0.05) is 25.6 Å². The number of aromatic nitrogens is 1. The standard InChI is InChI=1S/C21H31N3O3S2/c1-20(2)12-4-5-13(14(20)10-12)21(3,22)16-6-7-17(25)24(16)8-9-28-19-23-15(11-29-19)18(26)27/h11-14,16H,4-10,22H2,1-3H3,(H,26,27)/t12-,13+,14-,16+,21?/m0/s1. The van der Waals surface area contributed by atoms with Crippen LogP contribution in [0.5, 0.6) is 0 Å². The predicted molar refractivity (Wildman–Crippen MR) is 115 cm³/mol. The van der Waals surface area contributed by atoms with Gasteiger partial charge in [0.25, 0.3) is 0 Å². The molecule has 5 atom stereocenters. The summed E-state index contributed by atoms with van der Waals surface area (Å²) in [6.07, 6.45) is 5.14. The molecule has 3 aliphatic carbocycles. The molecule has 0 aromatic carbocycles. The lowest BCUT2D eigenvalue weighted by Crippen LogP contribution is -2.66. The van der Waals surface area contributed by atoms with E-state index in [1.807, 2.05) is 4.90 Å². The number of nitrogens with zero attached hydrogens (tertiary/aromatic N) is 2. The molecule has 2 bridgehead atoms. The van der Waals surface area contributed by atoms with Crippen molar-refractivity contribution in [2.75, 3.05) is 12.3 Å². The minimum atomic E-state index is -1.00. The minimum absolute atomic E-state index is 0.0828. The second-order valence-electron chi connectivity index (χ2n) is 9.70. The van der Waals surface area contributed by atoms with E-state index in [2.05, 4.69) is 25.8 Å². The quantitative estimate of drug-likeness (QED) is 0.631. The van der Waals surface area contributed by atoms with Gasteiger partial charge in [0.1, 0.15) is 0 Å². The van der Waals surface area contributed by atoms with Crippen LogP contribution in [0.1, 0.15) is 63.4 Å². The van der Waals surface area contributed by atoms with Crippen LogP contribution >= 0.6 is 23.1 Å². The van der Waals surface area contributed by atoms with Gasteiger partial charge < -0.3 is 15.7 Å². The predicted octanol–water partition coefficient (Wildman–Crippen LogP) is 3.71. The number of amides is 1. The van der Waals surface area contributed by atoms with Gasteiger partial charge in [0.15, 0.2) is 10.0 Å². The van der Waals surface area contributed by atoms with Crippen LogP contribution < -0.4 is 5.73 Å². The van der Waals surface area contributed by atoms with Gasteiger partial charge in [0.2, 0.25) is 5.91 Å². The van der Waals surface area contributed by atoms with Gasteiger partial charge in [0.05, 0.1) is 6.04 Å². The van der Waals surface area contributed by atoms with Gasteiger partial charge in [0, 0.05) is 29.6 Å². The summed E-state index contributed by atoms with van der Waals surface area (Å²) in [5.74, 6) is 1.85. The largest absolute Gasteiger partial charge is 0.476 e. The number of carboxylic acid groups (broad SMARTS) is 1. The maximum Gasteiger partial charge on any atom is 0.355 e. The van der Waals surface area contributed by atoms with E-state index in [0.717, 1.165) is 16.7 Å². The number of hydrogen-bond donors (Lipinski definition) is 2. The number of likely N-dealkylation sites (tertiary alicyclic amines) is 1. The fourth-order valence-electron chi connectivity index (χ4n) is 6.12. The van der Waals surface area contributed by atoms with Crippen LogP contribution in [0.2, 0.25) is 0 Å². The molecule has 3 saturated carbocycles. The Morgan fingerprint density at radius 1 is 1.45 bits per heavy atom. The van der Waals surface area contributed by atoms with Crippen LogP contribution in [-0.4, -0.2) is 50.7 Å². The Morgan fingerprint density at radius 2 is 2.21 bits per heavy atom. The number of carbonyl (C=O) groups is 2. The van der Waals surface area contributed by atoms with Gasteiger partial charge >= 0.3 is 5.97 Å². The number of carbonyl (C=O) groups excluding carboxylic acids is 1. The van der Waals surface area contributed by atoms with Gasteiger partial charge in [-0.2, -0.15) is 0 Å². The highest BCUT2D eigenvalue weighted by atomic mass is 32.2. The molecular formula is C21H31N3O3S2. The summed E-state index contributed by atoms with van der Waals surface area (Å²) in [5.41, 5.74) is 7.11. The average molecular weight is 438 g/mol. The van der Waals surface area contributed by atoms with Gasteiger partial charge in [-0.25, -0.2) is 9.78 Å². The molecule has 1 saturated heterocycles. The van der Waals surface area contributed by atoms with Crippen LogP contribution in [0.15, 0.2) is 9.72 Å². The summed E-state index contributed by atoms with van der Waals surface area (Å²) < 4.78 is 0.732. The lowest BCUT2D eigenvalue weighted by atomic mass is 9.43. The zero-order chi connectivity index (χ0) is 21.0. The van der Waals surface area contributed by atoms with E-state index < -0.39 is 5.97 Å². The van der Waals surface area contributed by atoms with E-state index in [9.17, 15) is 9.59 Å². The Labute approximate surface area is 180 Å². The molecule has 1 aromatic heterocycles. The summed E-state index contributed by atoms with van der Waals surface area (Å²) >= 11 is 2.85. The van der Waals surface area contributed by atoms with Crippen molar-refractivity contribution in [3.05, 3.63) is 11.1 Å². The van der Waals surface area contributed by atoms with Crippen LogP contribution in [0, 0.1) is 23.2 Å². The number of thioether (sulfide) groups is 1. The molecule has 6 nitrogen and oxygen atoms in total. The molecule has 1 aliphatic heterocycles. The molecule has 2 heterocycles. The zero-order valence-corrected chi connectivity index (χ0v) is 19.0. The molecule has 1 unspecified atom stereocenters. The molecule has 0 radical (unpaired) electrons. The van der Waals surface area contributed by atoms with Crippen LogP contribution in [0.25, 0.3) is 0 Å². The van der Waals surface area contributed by atoms with Gasteiger partial charge in [-0.3, -0.25) is 4.79 Å². The number of rotatable bonds is 7. The van der Waals surface area contributed by atoms with Crippen molar-refractivity contribution in [2.45, 2.75) is 68.8 Å². The highest BCUT2D eigenvalue weighted by Crippen LogP contribution is 2.63. The molecule has 0 spiro atoms. The Hall–Kier alpha value is -1.12. The summed E-state index contributed by atoms with van der Waals surface area (Å²) in [4.78, 5) is 29.7. The Morgan fingerprint density at radius 3 is 2.83 bits per heavy atom. The number of fused-ring (bicyclic) bond motifs is 2. The molecule has 29 heavy (non-hydrogen) atoms. The SMILES string of the molecule is CC1(C)[C@H]2CC[C@@H](C(C)(N)[C@H]3CCC(=O)N3CCSc3nc(C(=O)O)cs3)[C@@H]1C2. The average Bonchev–Trinajstić information content (AvgIpc) is 3.29. The maximum absolute atomic E-state index is 12.6. The smallest absolute Gasteiger partial charge is 0.355 e. The maximum atomic E-state index is 12.6. The van der Waals surface area contributed by atoms with Crippen molar-refractivity contribution < 1.29 is 14.7 Å². The Balaban J connectivity index is 1.41. The second kappa shape index (κ2) is 7.54. The molecule has 4 fully saturated rings. The number of carboxylic acids is 1. The fraction of sp³-hybridized carbons (Fsp3) is 0.762. The highest BCUT2D eigenvalue weighted by Gasteiger charge is 2.59. The summed E-state index contributed by atoms with van der Waals surface area (Å²) in [5, 5.41) is 10.6. The Kier molecular flexibility index (Phi) is 5.49. The first-order chi connectivity index (χ1) is 13.6. The first-order valence-corrected chi connectivity index (χ1v) is 12.4. The molecule has 4 aliphatic rings. The van der Waals surface area contributed by atoms with Crippen molar-refractivity contribution in [1.29, 1.82) is 0 Å². The van der Waals surface area contributed by atoms with Crippen molar-refractivity contribution in [1.82, 2.24) is 9.88 Å². The monoisotopic (exact) mass is 437 g/mol. The van der Waals surface area contributed by atoms with Crippen molar-refractivity contribution in [3.8, 4) is 0 Å². The molecule has 8 heteroatoms. The third-order valence-electron chi connectivity index (χ3n) is 7.96. The fourth-order valence-corrected chi connectivity index (χ4v) is 7.93. The summed E-state index contributed by atoms with van der Waals surface area (Å²) in [7, 11) is 0. The second-order valence-corrected chi connectivity index (χ2v) is 11.9. The topological polar surface area (TPSA) is 96.5 Å². The number of aromatic carboxylic acids is 1. The third-order valence-corrected chi connectivity index (χ3v) is 9.96. The summed E-state index contributed by atoms with van der Waals surface area (Å²) in [6.45, 7) is 7.59.